The molecule has 1 aromatic heterocycles. The van der Waals surface area contributed by atoms with Crippen molar-refractivity contribution in [2.45, 2.75) is 12.8 Å². The number of hydrogen-bond donors (Lipinski definition) is 0. The van der Waals surface area contributed by atoms with Gasteiger partial charge in [0.25, 0.3) is 0 Å². The topological polar surface area (TPSA) is 0 Å². The fraction of sp³-hybridized carbons (Fsp3) is 0.250. The van der Waals surface area contributed by atoms with Crippen LogP contribution in [-0.4, -0.2) is 0 Å². The summed E-state index contributed by atoms with van der Waals surface area (Å²) in [5, 5.41) is 4.13. The predicted molar refractivity (Wildman–Crippen MR) is 41.6 cm³/mol. The molecule has 46 valence electrons. The Balaban J connectivity index is 2.80. The van der Waals surface area contributed by atoms with Crippen molar-refractivity contribution >= 4 is 11.3 Å². The summed E-state index contributed by atoms with van der Waals surface area (Å²) in [6.45, 7) is 2.03. The van der Waals surface area contributed by atoms with E-state index in [0.29, 0.717) is 0 Å². The summed E-state index contributed by atoms with van der Waals surface area (Å²) in [5.74, 6) is 2.95. The van der Waals surface area contributed by atoms with Gasteiger partial charge in [-0.05, 0) is 29.3 Å². The van der Waals surface area contributed by atoms with Crippen molar-refractivity contribution in [1.82, 2.24) is 0 Å². The highest BCUT2D eigenvalue weighted by Gasteiger charge is 1.98. The lowest BCUT2D eigenvalue weighted by Crippen LogP contribution is -1.82. The zero-order valence-electron chi connectivity index (χ0n) is 5.29. The SMILES string of the molecule is C#CC(C)c1ccsc1. The molecule has 0 nitrogen and oxygen atoms in total. The van der Waals surface area contributed by atoms with E-state index in [1.807, 2.05) is 12.3 Å². The molecule has 0 bridgehead atoms. The van der Waals surface area contributed by atoms with E-state index in [4.69, 9.17) is 6.42 Å². The van der Waals surface area contributed by atoms with Gasteiger partial charge in [0.15, 0.2) is 0 Å². The van der Waals surface area contributed by atoms with Crippen molar-refractivity contribution in [2.75, 3.05) is 0 Å². The normalized spacial score (nSPS) is 12.4. The van der Waals surface area contributed by atoms with Crippen LogP contribution in [-0.2, 0) is 0 Å². The van der Waals surface area contributed by atoms with Crippen LogP contribution in [0.3, 0.4) is 0 Å². The molecule has 0 aliphatic carbocycles. The van der Waals surface area contributed by atoms with E-state index in [9.17, 15) is 0 Å². The van der Waals surface area contributed by atoms with Gasteiger partial charge in [0.05, 0.1) is 0 Å². The summed E-state index contributed by atoms with van der Waals surface area (Å²) in [5.41, 5.74) is 1.25. The third-order valence-corrected chi connectivity index (χ3v) is 1.99. The third-order valence-electron chi connectivity index (χ3n) is 1.29. The minimum absolute atomic E-state index is 0.274. The van der Waals surface area contributed by atoms with Gasteiger partial charge < -0.3 is 0 Å². The van der Waals surface area contributed by atoms with E-state index in [1.54, 1.807) is 11.3 Å². The van der Waals surface area contributed by atoms with E-state index in [2.05, 4.69) is 17.4 Å². The molecule has 0 amide bonds. The molecule has 1 heterocycles. The van der Waals surface area contributed by atoms with Crippen molar-refractivity contribution in [3.05, 3.63) is 22.4 Å². The summed E-state index contributed by atoms with van der Waals surface area (Å²) < 4.78 is 0. The van der Waals surface area contributed by atoms with Gasteiger partial charge >= 0.3 is 0 Å². The highest BCUT2D eigenvalue weighted by Crippen LogP contribution is 2.16. The Morgan fingerprint density at radius 2 is 2.56 bits per heavy atom. The van der Waals surface area contributed by atoms with Gasteiger partial charge in [-0.3, -0.25) is 0 Å². The molecule has 1 heteroatoms. The third kappa shape index (κ3) is 1.34. The van der Waals surface area contributed by atoms with E-state index < -0.39 is 0 Å². The van der Waals surface area contributed by atoms with E-state index >= 15 is 0 Å². The average molecular weight is 136 g/mol. The largest absolute Gasteiger partial charge is 0.152 e. The Hall–Kier alpha value is -0.740. The molecule has 9 heavy (non-hydrogen) atoms. The predicted octanol–water partition coefficient (Wildman–Crippen LogP) is 2.48. The lowest BCUT2D eigenvalue weighted by molar-refractivity contribution is 1.02. The smallest absolute Gasteiger partial charge is 0.0429 e. The molecule has 0 aromatic carbocycles. The first-order valence-electron chi connectivity index (χ1n) is 2.83. The van der Waals surface area contributed by atoms with Crippen LogP contribution in [0.4, 0.5) is 0 Å². The van der Waals surface area contributed by atoms with Gasteiger partial charge in [-0.25, -0.2) is 0 Å². The van der Waals surface area contributed by atoms with Gasteiger partial charge in [-0.1, -0.05) is 5.92 Å². The van der Waals surface area contributed by atoms with Crippen LogP contribution in [0.5, 0.6) is 0 Å². The molecule has 1 atom stereocenters. The summed E-state index contributed by atoms with van der Waals surface area (Å²) in [7, 11) is 0. The molecule has 0 fully saturated rings. The zero-order valence-corrected chi connectivity index (χ0v) is 6.11. The minimum atomic E-state index is 0.274. The number of rotatable bonds is 1. The Labute approximate surface area is 59.5 Å². The summed E-state index contributed by atoms with van der Waals surface area (Å²) >= 11 is 1.69. The molecule has 0 aliphatic heterocycles. The summed E-state index contributed by atoms with van der Waals surface area (Å²) in [6, 6.07) is 2.06. The molecule has 1 aromatic rings. The second-order valence-electron chi connectivity index (χ2n) is 1.95. The Bertz CT molecular complexity index is 203. The summed E-state index contributed by atoms with van der Waals surface area (Å²) in [6.07, 6.45) is 5.22. The highest BCUT2D eigenvalue weighted by molar-refractivity contribution is 7.07. The van der Waals surface area contributed by atoms with Gasteiger partial charge in [0, 0.05) is 5.92 Å². The van der Waals surface area contributed by atoms with Crippen molar-refractivity contribution in [3.63, 3.8) is 0 Å². The standard InChI is InChI=1S/C8H8S/c1-3-7(2)8-4-5-9-6-8/h1,4-7H,2H3. The Kier molecular flexibility index (Phi) is 1.92. The number of thiophene rings is 1. The molecule has 0 spiro atoms. The van der Waals surface area contributed by atoms with Gasteiger partial charge in [0.1, 0.15) is 0 Å². The monoisotopic (exact) mass is 136 g/mol. The van der Waals surface area contributed by atoms with Crippen molar-refractivity contribution in [2.24, 2.45) is 0 Å². The molecule has 0 N–H and O–H groups in total. The minimum Gasteiger partial charge on any atom is -0.152 e. The highest BCUT2D eigenvalue weighted by atomic mass is 32.1. The number of terminal acetylenes is 1. The second kappa shape index (κ2) is 2.70. The van der Waals surface area contributed by atoms with Crippen LogP contribution in [0.15, 0.2) is 16.8 Å². The fourth-order valence-electron chi connectivity index (χ4n) is 0.618. The maximum absolute atomic E-state index is 5.22. The Morgan fingerprint density at radius 1 is 1.78 bits per heavy atom. The van der Waals surface area contributed by atoms with Crippen molar-refractivity contribution in [3.8, 4) is 12.3 Å². The van der Waals surface area contributed by atoms with E-state index in [1.165, 1.54) is 5.56 Å². The second-order valence-corrected chi connectivity index (χ2v) is 2.73. The first-order valence-corrected chi connectivity index (χ1v) is 3.77. The van der Waals surface area contributed by atoms with Crippen LogP contribution < -0.4 is 0 Å². The molecule has 1 rings (SSSR count). The van der Waals surface area contributed by atoms with E-state index in [0.717, 1.165) is 0 Å². The van der Waals surface area contributed by atoms with Crippen molar-refractivity contribution < 1.29 is 0 Å². The van der Waals surface area contributed by atoms with Gasteiger partial charge in [0.2, 0.25) is 0 Å². The van der Waals surface area contributed by atoms with Crippen molar-refractivity contribution in [1.29, 1.82) is 0 Å². The zero-order chi connectivity index (χ0) is 6.69. The van der Waals surface area contributed by atoms with Crippen LogP contribution in [0.2, 0.25) is 0 Å². The molecule has 1 unspecified atom stereocenters. The summed E-state index contributed by atoms with van der Waals surface area (Å²) in [4.78, 5) is 0. The van der Waals surface area contributed by atoms with Gasteiger partial charge in [-0.15, -0.1) is 6.42 Å². The van der Waals surface area contributed by atoms with Crippen LogP contribution in [0, 0.1) is 12.3 Å². The first kappa shape index (κ1) is 6.38. The molecule has 0 saturated carbocycles. The maximum Gasteiger partial charge on any atom is 0.0429 e. The average Bonchev–Trinajstić information content (AvgIpc) is 2.37. The maximum atomic E-state index is 5.22. The fourth-order valence-corrected chi connectivity index (χ4v) is 1.37. The number of hydrogen-bond acceptors (Lipinski definition) is 1. The molecular weight excluding hydrogens is 128 g/mol. The first-order chi connectivity index (χ1) is 4.34. The lowest BCUT2D eigenvalue weighted by atomic mass is 10.1. The molecule has 0 saturated heterocycles. The van der Waals surface area contributed by atoms with E-state index in [-0.39, 0.29) is 5.92 Å². The quantitative estimate of drug-likeness (QED) is 0.520. The lowest BCUT2D eigenvalue weighted by Gasteiger charge is -1.95. The molecule has 0 radical (unpaired) electrons. The van der Waals surface area contributed by atoms with Gasteiger partial charge in [-0.2, -0.15) is 11.3 Å². The van der Waals surface area contributed by atoms with Crippen LogP contribution in [0.25, 0.3) is 0 Å². The van der Waals surface area contributed by atoms with Crippen LogP contribution in [0.1, 0.15) is 18.4 Å². The molecule has 0 aliphatic rings. The molecular formula is C8H8S. The van der Waals surface area contributed by atoms with Crippen LogP contribution >= 0.6 is 11.3 Å². The Morgan fingerprint density at radius 3 is 3.00 bits per heavy atom.